The number of carbonyl (C=O) groups excluding carboxylic acids is 3. The highest BCUT2D eigenvalue weighted by Gasteiger charge is 2.30. The quantitative estimate of drug-likeness (QED) is 0.136. The van der Waals surface area contributed by atoms with Crippen LogP contribution in [-0.2, 0) is 25.6 Å². The molecule has 0 aliphatic heterocycles. The van der Waals surface area contributed by atoms with Gasteiger partial charge < -0.3 is 37.6 Å². The Bertz CT molecular complexity index is 883. The molecule has 1 aromatic rings. The van der Waals surface area contributed by atoms with E-state index in [1.165, 1.54) is 23.9 Å². The summed E-state index contributed by atoms with van der Waals surface area (Å²) in [7, 11) is 0. The van der Waals surface area contributed by atoms with Crippen LogP contribution in [-0.4, -0.2) is 76.6 Å². The summed E-state index contributed by atoms with van der Waals surface area (Å²) in [5.41, 5.74) is 12.1. The third-order valence-corrected chi connectivity index (χ3v) is 6.48. The first-order valence-corrected chi connectivity index (χ1v) is 13.8. The van der Waals surface area contributed by atoms with Gasteiger partial charge in [0.25, 0.3) is 0 Å². The second kappa shape index (κ2) is 16.8. The Hall–Kier alpha value is -2.83. The Balaban J connectivity index is 3.08. The van der Waals surface area contributed by atoms with Crippen LogP contribution in [0, 0.1) is 5.92 Å². The highest BCUT2D eigenvalue weighted by Crippen LogP contribution is 2.13. The number of amides is 3. The molecule has 0 spiro atoms. The van der Waals surface area contributed by atoms with E-state index in [0.29, 0.717) is 30.7 Å². The molecule has 4 unspecified atom stereocenters. The molecule has 0 saturated heterocycles. The van der Waals surface area contributed by atoms with Crippen LogP contribution in [0.25, 0.3) is 0 Å². The zero-order chi connectivity index (χ0) is 28.0. The van der Waals surface area contributed by atoms with E-state index in [0.717, 1.165) is 0 Å². The molecule has 0 aromatic heterocycles. The van der Waals surface area contributed by atoms with Gasteiger partial charge in [0.1, 0.15) is 23.9 Å². The Labute approximate surface area is 222 Å². The summed E-state index contributed by atoms with van der Waals surface area (Å²) in [6, 6.07) is 2.19. The number of nitrogens with two attached hydrogens (primary N) is 2. The average Bonchev–Trinajstić information content (AvgIpc) is 2.85. The van der Waals surface area contributed by atoms with E-state index in [-0.39, 0.29) is 30.9 Å². The van der Waals surface area contributed by atoms with Crippen molar-refractivity contribution in [2.24, 2.45) is 17.4 Å². The predicted molar refractivity (Wildman–Crippen MR) is 144 cm³/mol. The minimum atomic E-state index is -1.17. The van der Waals surface area contributed by atoms with Crippen molar-refractivity contribution in [3.8, 4) is 5.75 Å². The lowest BCUT2D eigenvalue weighted by atomic mass is 10.0. The van der Waals surface area contributed by atoms with Gasteiger partial charge in [-0.1, -0.05) is 26.0 Å². The summed E-state index contributed by atoms with van der Waals surface area (Å²) in [6.45, 7) is 3.99. The SMILES string of the molecule is CSCCC(NC(=O)C(Cc1ccc(O)cc1)NC(=O)C(N)C(C)C)C(=O)NC(CCCCN)C(=O)O. The molecule has 0 heterocycles. The van der Waals surface area contributed by atoms with Crippen LogP contribution >= 0.6 is 11.8 Å². The molecule has 0 saturated carbocycles. The molecule has 1 rings (SSSR count). The number of rotatable bonds is 17. The number of aliphatic carboxylic acids is 1. The molecular formula is C25H41N5O6S. The highest BCUT2D eigenvalue weighted by atomic mass is 32.2. The fourth-order valence-corrected chi connectivity index (χ4v) is 3.92. The first-order valence-electron chi connectivity index (χ1n) is 12.4. The number of carboxylic acids is 1. The normalized spacial score (nSPS) is 14.3. The van der Waals surface area contributed by atoms with Crippen molar-refractivity contribution in [1.82, 2.24) is 16.0 Å². The van der Waals surface area contributed by atoms with Crippen molar-refractivity contribution in [2.45, 2.75) is 70.1 Å². The Morgan fingerprint density at radius 2 is 1.46 bits per heavy atom. The van der Waals surface area contributed by atoms with Gasteiger partial charge in [0.2, 0.25) is 17.7 Å². The first-order chi connectivity index (χ1) is 17.5. The Morgan fingerprint density at radius 1 is 0.892 bits per heavy atom. The standard InChI is InChI=1S/C25H41N5O6S/c1-15(2)21(27)24(34)30-20(14-16-7-9-17(31)10-8-16)23(33)28-18(11-13-37-3)22(32)29-19(25(35)36)6-4-5-12-26/h7-10,15,18-21,31H,4-6,11-14,26-27H2,1-3H3,(H,28,33)(H,29,32)(H,30,34)(H,35,36). The molecule has 208 valence electrons. The molecule has 12 heteroatoms. The monoisotopic (exact) mass is 539 g/mol. The fraction of sp³-hybridized carbons (Fsp3) is 0.600. The minimum absolute atomic E-state index is 0.0591. The maximum absolute atomic E-state index is 13.3. The molecule has 0 fully saturated rings. The summed E-state index contributed by atoms with van der Waals surface area (Å²) in [6.07, 6.45) is 3.59. The smallest absolute Gasteiger partial charge is 0.326 e. The number of aromatic hydroxyl groups is 1. The first kappa shape index (κ1) is 32.2. The van der Waals surface area contributed by atoms with Gasteiger partial charge in [-0.05, 0) is 67.9 Å². The van der Waals surface area contributed by atoms with Crippen LogP contribution in [0.4, 0.5) is 0 Å². The number of thioether (sulfide) groups is 1. The lowest BCUT2D eigenvalue weighted by Crippen LogP contribution is -2.58. The third kappa shape index (κ3) is 11.8. The van der Waals surface area contributed by atoms with Crippen LogP contribution < -0.4 is 27.4 Å². The van der Waals surface area contributed by atoms with Crippen LogP contribution in [0.1, 0.15) is 45.1 Å². The van der Waals surface area contributed by atoms with Crippen molar-refractivity contribution in [3.05, 3.63) is 29.8 Å². The van der Waals surface area contributed by atoms with Gasteiger partial charge >= 0.3 is 5.97 Å². The molecule has 0 aliphatic rings. The molecule has 4 atom stereocenters. The fourth-order valence-electron chi connectivity index (χ4n) is 3.45. The molecule has 11 nitrogen and oxygen atoms in total. The van der Waals surface area contributed by atoms with Gasteiger partial charge in [0.05, 0.1) is 6.04 Å². The zero-order valence-electron chi connectivity index (χ0n) is 21.7. The summed E-state index contributed by atoms with van der Waals surface area (Å²) >= 11 is 1.48. The molecule has 37 heavy (non-hydrogen) atoms. The Morgan fingerprint density at radius 3 is 2.00 bits per heavy atom. The van der Waals surface area contributed by atoms with Crippen LogP contribution in [0.3, 0.4) is 0 Å². The topological polar surface area (TPSA) is 197 Å². The molecular weight excluding hydrogens is 498 g/mol. The van der Waals surface area contributed by atoms with Gasteiger partial charge in [0.15, 0.2) is 0 Å². The highest BCUT2D eigenvalue weighted by molar-refractivity contribution is 7.98. The van der Waals surface area contributed by atoms with Crippen molar-refractivity contribution >= 4 is 35.5 Å². The number of phenolic OH excluding ortho intramolecular Hbond substituents is 1. The molecule has 3 amide bonds. The number of nitrogens with one attached hydrogen (secondary N) is 3. The zero-order valence-corrected chi connectivity index (χ0v) is 22.6. The Kier molecular flexibility index (Phi) is 14.6. The van der Waals surface area contributed by atoms with E-state index >= 15 is 0 Å². The molecule has 0 aliphatic carbocycles. The van der Waals surface area contributed by atoms with E-state index in [1.54, 1.807) is 26.0 Å². The maximum atomic E-state index is 13.3. The van der Waals surface area contributed by atoms with Crippen molar-refractivity contribution in [3.63, 3.8) is 0 Å². The van der Waals surface area contributed by atoms with Gasteiger partial charge in [-0.15, -0.1) is 0 Å². The number of hydrogen-bond donors (Lipinski definition) is 7. The van der Waals surface area contributed by atoms with E-state index in [4.69, 9.17) is 11.5 Å². The number of carboxylic acid groups (broad SMARTS) is 1. The maximum Gasteiger partial charge on any atom is 0.326 e. The largest absolute Gasteiger partial charge is 0.508 e. The van der Waals surface area contributed by atoms with Crippen molar-refractivity contribution in [2.75, 3.05) is 18.6 Å². The van der Waals surface area contributed by atoms with Crippen molar-refractivity contribution < 1.29 is 29.4 Å². The molecule has 9 N–H and O–H groups in total. The lowest BCUT2D eigenvalue weighted by molar-refractivity contribution is -0.142. The predicted octanol–water partition coefficient (Wildman–Crippen LogP) is 0.339. The van der Waals surface area contributed by atoms with Gasteiger partial charge in [-0.3, -0.25) is 14.4 Å². The number of benzene rings is 1. The molecule has 0 radical (unpaired) electrons. The summed E-state index contributed by atoms with van der Waals surface area (Å²) < 4.78 is 0. The minimum Gasteiger partial charge on any atom is -0.508 e. The number of unbranched alkanes of at least 4 members (excludes halogenated alkanes) is 1. The number of carbonyl (C=O) groups is 4. The van der Waals surface area contributed by atoms with Crippen LogP contribution in [0.5, 0.6) is 5.75 Å². The second-order valence-electron chi connectivity index (χ2n) is 9.23. The number of phenols is 1. The van der Waals surface area contributed by atoms with Crippen molar-refractivity contribution in [1.29, 1.82) is 0 Å². The summed E-state index contributed by atoms with van der Waals surface area (Å²) in [5.74, 6) is -2.46. The average molecular weight is 540 g/mol. The van der Waals surface area contributed by atoms with E-state index in [9.17, 15) is 29.4 Å². The number of hydrogen-bond acceptors (Lipinski definition) is 8. The second-order valence-corrected chi connectivity index (χ2v) is 10.2. The third-order valence-electron chi connectivity index (χ3n) is 5.84. The summed E-state index contributed by atoms with van der Waals surface area (Å²) in [4.78, 5) is 50.6. The van der Waals surface area contributed by atoms with Crippen LogP contribution in [0.15, 0.2) is 24.3 Å². The molecule has 0 bridgehead atoms. The van der Waals surface area contributed by atoms with E-state index < -0.39 is 47.9 Å². The van der Waals surface area contributed by atoms with Crippen LogP contribution in [0.2, 0.25) is 0 Å². The summed E-state index contributed by atoms with van der Waals surface area (Å²) in [5, 5.41) is 27.0. The van der Waals surface area contributed by atoms with E-state index in [1.807, 2.05) is 6.26 Å². The van der Waals surface area contributed by atoms with Gasteiger partial charge in [-0.2, -0.15) is 11.8 Å². The van der Waals surface area contributed by atoms with Gasteiger partial charge in [-0.25, -0.2) is 4.79 Å². The van der Waals surface area contributed by atoms with Gasteiger partial charge in [0, 0.05) is 6.42 Å². The lowest BCUT2D eigenvalue weighted by Gasteiger charge is -2.26. The van der Waals surface area contributed by atoms with E-state index in [2.05, 4.69) is 16.0 Å². The molecule has 1 aromatic carbocycles.